The highest BCUT2D eigenvalue weighted by Gasteiger charge is 2.07. The number of hydrogen-bond donors (Lipinski definition) is 0. The number of rotatable bonds is 4. The molecule has 0 aliphatic heterocycles. The van der Waals surface area contributed by atoms with Gasteiger partial charge in [-0.15, -0.1) is 11.6 Å². The van der Waals surface area contributed by atoms with Gasteiger partial charge in [0, 0.05) is 12.4 Å². The molecule has 0 rings (SSSR count). The molecule has 13 heavy (non-hydrogen) atoms. The van der Waals surface area contributed by atoms with Crippen LogP contribution in [-0.2, 0) is 0 Å². The number of allylic oxidation sites excluding steroid dienone is 2. The maximum Gasteiger partial charge on any atom is 0.126 e. The van der Waals surface area contributed by atoms with Crippen LogP contribution in [0, 0.1) is 5.92 Å². The Morgan fingerprint density at radius 2 is 1.92 bits per heavy atom. The molecule has 0 spiro atoms. The maximum atomic E-state index is 5.94. The van der Waals surface area contributed by atoms with Crippen molar-refractivity contribution in [3.05, 3.63) is 11.6 Å². The average Bonchev–Trinajstić information content (AvgIpc) is 2.00. The molecule has 0 aromatic heterocycles. The zero-order valence-corrected chi connectivity index (χ0v) is 10.2. The third-order valence-electron chi connectivity index (χ3n) is 1.52. The summed E-state index contributed by atoms with van der Waals surface area (Å²) in [5, 5.41) is 0.574. The van der Waals surface area contributed by atoms with Crippen LogP contribution < -0.4 is 0 Å². The van der Waals surface area contributed by atoms with E-state index in [1.54, 1.807) is 7.05 Å². The monoisotopic (exact) mass is 221 g/mol. The highest BCUT2D eigenvalue weighted by Crippen LogP contribution is 2.16. The molecule has 0 saturated heterocycles. The molecular weight excluding hydrogens is 205 g/mol. The quantitative estimate of drug-likeness (QED) is 0.506. The molecule has 76 valence electrons. The first-order chi connectivity index (χ1) is 5.97. The van der Waals surface area contributed by atoms with Gasteiger partial charge in [-0.1, -0.05) is 31.5 Å². The van der Waals surface area contributed by atoms with Gasteiger partial charge in [0.25, 0.3) is 0 Å². The predicted molar refractivity (Wildman–Crippen MR) is 62.1 cm³/mol. The topological polar surface area (TPSA) is 12.4 Å². The van der Waals surface area contributed by atoms with Gasteiger partial charge in [0.05, 0.1) is 0 Å². The third-order valence-corrected chi connectivity index (χ3v) is 2.06. The number of aliphatic imine (C=N–C) groups is 1. The van der Waals surface area contributed by atoms with Gasteiger partial charge in [-0.05, 0) is 24.8 Å². The van der Waals surface area contributed by atoms with E-state index in [1.807, 2.05) is 13.0 Å². The fourth-order valence-electron chi connectivity index (χ4n) is 1.08. The van der Waals surface area contributed by atoms with Crippen LogP contribution in [0.25, 0.3) is 0 Å². The highest BCUT2D eigenvalue weighted by atomic mass is 35.5. The second-order valence-electron chi connectivity index (χ2n) is 3.48. The molecule has 0 aliphatic rings. The molecule has 0 aromatic carbocycles. The lowest BCUT2D eigenvalue weighted by atomic mass is 10.0. The molecule has 0 saturated carbocycles. The Bertz CT molecular complexity index is 205. The molecule has 1 nitrogen and oxygen atoms in total. The molecule has 0 amide bonds. The zero-order valence-electron chi connectivity index (χ0n) is 8.64. The third kappa shape index (κ3) is 6.11. The van der Waals surface area contributed by atoms with Crippen LogP contribution in [-0.4, -0.2) is 17.6 Å². The Morgan fingerprint density at radius 3 is 2.23 bits per heavy atom. The number of nitrogens with zero attached hydrogens (tertiary/aromatic N) is 1. The summed E-state index contributed by atoms with van der Waals surface area (Å²) >= 11 is 11.8. The second-order valence-corrected chi connectivity index (χ2v) is 4.53. The molecule has 1 unspecified atom stereocenters. The molecule has 0 fully saturated rings. The lowest BCUT2D eigenvalue weighted by Gasteiger charge is -2.09. The smallest absolute Gasteiger partial charge is 0.126 e. The Hall–Kier alpha value is -0.0100. The van der Waals surface area contributed by atoms with Gasteiger partial charge in [0.1, 0.15) is 5.17 Å². The zero-order chi connectivity index (χ0) is 10.4. The van der Waals surface area contributed by atoms with E-state index in [-0.39, 0.29) is 5.38 Å². The van der Waals surface area contributed by atoms with E-state index in [2.05, 4.69) is 18.8 Å². The van der Waals surface area contributed by atoms with E-state index in [4.69, 9.17) is 23.2 Å². The largest absolute Gasteiger partial charge is 0.276 e. The van der Waals surface area contributed by atoms with Crippen molar-refractivity contribution in [3.8, 4) is 0 Å². The first-order valence-corrected chi connectivity index (χ1v) is 5.26. The summed E-state index contributed by atoms with van der Waals surface area (Å²) in [5.74, 6) is 0.567. The van der Waals surface area contributed by atoms with Gasteiger partial charge in [-0.25, -0.2) is 0 Å². The highest BCUT2D eigenvalue weighted by molar-refractivity contribution is 6.69. The fourth-order valence-corrected chi connectivity index (χ4v) is 1.37. The number of alkyl halides is 1. The summed E-state index contributed by atoms with van der Waals surface area (Å²) in [4.78, 5) is 3.95. The summed E-state index contributed by atoms with van der Waals surface area (Å²) < 4.78 is 0. The van der Waals surface area contributed by atoms with Gasteiger partial charge in [0.15, 0.2) is 0 Å². The molecule has 0 bridgehead atoms. The van der Waals surface area contributed by atoms with Gasteiger partial charge in [0.2, 0.25) is 0 Å². The lowest BCUT2D eigenvalue weighted by Crippen LogP contribution is -2.02. The Balaban J connectivity index is 4.56. The predicted octanol–water partition coefficient (Wildman–Crippen LogP) is 3.85. The van der Waals surface area contributed by atoms with E-state index < -0.39 is 0 Å². The van der Waals surface area contributed by atoms with E-state index >= 15 is 0 Å². The van der Waals surface area contributed by atoms with Crippen molar-refractivity contribution in [3.63, 3.8) is 0 Å². The average molecular weight is 222 g/mol. The van der Waals surface area contributed by atoms with Crippen molar-refractivity contribution in [1.29, 1.82) is 0 Å². The van der Waals surface area contributed by atoms with Gasteiger partial charge < -0.3 is 0 Å². The van der Waals surface area contributed by atoms with Crippen molar-refractivity contribution >= 4 is 28.4 Å². The summed E-state index contributed by atoms with van der Waals surface area (Å²) in [6.45, 7) is 6.21. The minimum absolute atomic E-state index is 0.00394. The molecule has 0 aromatic rings. The van der Waals surface area contributed by atoms with Crippen molar-refractivity contribution < 1.29 is 0 Å². The minimum atomic E-state index is 0.00394. The number of hydrogen-bond acceptors (Lipinski definition) is 1. The van der Waals surface area contributed by atoms with Gasteiger partial charge in [-0.2, -0.15) is 0 Å². The molecule has 1 atom stereocenters. The first kappa shape index (κ1) is 13.0. The number of halogens is 2. The van der Waals surface area contributed by atoms with E-state index in [0.717, 1.165) is 12.0 Å². The standard InChI is InChI=1S/C10H17Cl2N/c1-7(2)5-9(6-8(3)11)10(12)13-4/h6-8H,5H2,1-4H3/b9-6-,13-10+. The summed E-state index contributed by atoms with van der Waals surface area (Å²) in [7, 11) is 1.69. The van der Waals surface area contributed by atoms with Gasteiger partial charge >= 0.3 is 0 Å². The Morgan fingerprint density at radius 1 is 1.38 bits per heavy atom. The van der Waals surface area contributed by atoms with Crippen molar-refractivity contribution in [1.82, 2.24) is 0 Å². The van der Waals surface area contributed by atoms with Crippen LogP contribution >= 0.6 is 23.2 Å². The van der Waals surface area contributed by atoms with Crippen LogP contribution in [0.5, 0.6) is 0 Å². The summed E-state index contributed by atoms with van der Waals surface area (Å²) in [5.41, 5.74) is 1.04. The summed E-state index contributed by atoms with van der Waals surface area (Å²) in [6, 6.07) is 0. The van der Waals surface area contributed by atoms with E-state index in [9.17, 15) is 0 Å². The fraction of sp³-hybridized carbons (Fsp3) is 0.700. The molecular formula is C10H17Cl2N. The Labute approximate surface area is 90.8 Å². The van der Waals surface area contributed by atoms with Gasteiger partial charge in [-0.3, -0.25) is 4.99 Å². The Kier molecular flexibility index (Phi) is 6.44. The van der Waals surface area contributed by atoms with Crippen LogP contribution in [0.4, 0.5) is 0 Å². The van der Waals surface area contributed by atoms with Crippen LogP contribution in [0.2, 0.25) is 0 Å². The van der Waals surface area contributed by atoms with Crippen molar-refractivity contribution in [2.75, 3.05) is 7.05 Å². The lowest BCUT2D eigenvalue weighted by molar-refractivity contribution is 0.653. The molecule has 0 heterocycles. The van der Waals surface area contributed by atoms with Crippen LogP contribution in [0.3, 0.4) is 0 Å². The van der Waals surface area contributed by atoms with Crippen LogP contribution in [0.1, 0.15) is 27.2 Å². The molecule has 0 radical (unpaired) electrons. The molecule has 0 N–H and O–H groups in total. The second kappa shape index (κ2) is 6.44. The molecule has 0 aliphatic carbocycles. The summed E-state index contributed by atoms with van der Waals surface area (Å²) in [6.07, 6.45) is 2.88. The minimum Gasteiger partial charge on any atom is -0.276 e. The first-order valence-electron chi connectivity index (χ1n) is 4.44. The maximum absolute atomic E-state index is 5.94. The van der Waals surface area contributed by atoms with Crippen molar-refractivity contribution in [2.24, 2.45) is 10.9 Å². The normalized spacial score (nSPS) is 16.5. The van der Waals surface area contributed by atoms with Crippen LogP contribution in [0.15, 0.2) is 16.6 Å². The SMILES string of the molecule is C/N=C(Cl)\C(=C/C(C)Cl)CC(C)C. The van der Waals surface area contributed by atoms with E-state index in [0.29, 0.717) is 11.1 Å². The van der Waals surface area contributed by atoms with E-state index in [1.165, 1.54) is 0 Å². The van der Waals surface area contributed by atoms with Crippen molar-refractivity contribution in [2.45, 2.75) is 32.6 Å². The molecule has 3 heteroatoms.